The minimum atomic E-state index is -0.00226. The highest BCUT2D eigenvalue weighted by Crippen LogP contribution is 2.06. The van der Waals surface area contributed by atoms with Gasteiger partial charge in [-0.1, -0.05) is 54.7 Å². The van der Waals surface area contributed by atoms with Crippen LogP contribution >= 0.6 is 0 Å². The van der Waals surface area contributed by atoms with Gasteiger partial charge in [0.25, 0.3) is 11.8 Å². The molecule has 0 aliphatic carbocycles. The highest BCUT2D eigenvalue weighted by atomic mass is 16.2. The van der Waals surface area contributed by atoms with E-state index in [0.717, 1.165) is 54.4 Å². The van der Waals surface area contributed by atoms with Crippen molar-refractivity contribution in [2.75, 3.05) is 13.1 Å². The molecule has 2 N–H and O–H groups in total. The molecule has 0 heterocycles. The molecule has 0 fully saturated rings. The zero-order valence-corrected chi connectivity index (χ0v) is 16.4. The minimum absolute atomic E-state index is 0.00226. The van der Waals surface area contributed by atoms with Crippen molar-refractivity contribution in [3.8, 4) is 0 Å². The predicted molar refractivity (Wildman–Crippen MR) is 110 cm³/mol. The Bertz CT molecular complexity index is 692. The van der Waals surface area contributed by atoms with Crippen LogP contribution in [0, 0.1) is 13.8 Å². The molecule has 0 atom stereocenters. The van der Waals surface area contributed by atoms with E-state index in [-0.39, 0.29) is 11.8 Å². The van der Waals surface area contributed by atoms with Gasteiger partial charge in [0, 0.05) is 24.2 Å². The topological polar surface area (TPSA) is 58.2 Å². The molecule has 4 nitrogen and oxygen atoms in total. The van der Waals surface area contributed by atoms with Crippen LogP contribution in [0.5, 0.6) is 0 Å². The summed E-state index contributed by atoms with van der Waals surface area (Å²) in [6, 6.07) is 15.3. The van der Waals surface area contributed by atoms with Gasteiger partial charge < -0.3 is 10.6 Å². The van der Waals surface area contributed by atoms with Crippen LogP contribution in [0.1, 0.15) is 63.9 Å². The number of rotatable bonds is 10. The largest absolute Gasteiger partial charge is 0.352 e. The Labute approximate surface area is 162 Å². The number of aryl methyl sites for hydroxylation is 2. The zero-order valence-electron chi connectivity index (χ0n) is 16.4. The molecule has 0 aliphatic heterocycles. The van der Waals surface area contributed by atoms with Gasteiger partial charge in [-0.3, -0.25) is 9.59 Å². The van der Waals surface area contributed by atoms with Crippen molar-refractivity contribution in [1.82, 2.24) is 10.6 Å². The summed E-state index contributed by atoms with van der Waals surface area (Å²) in [5.74, 6) is -0.00452. The summed E-state index contributed by atoms with van der Waals surface area (Å²) in [5.41, 5.74) is 3.63. The van der Waals surface area contributed by atoms with Gasteiger partial charge in [0.1, 0.15) is 0 Å². The zero-order chi connectivity index (χ0) is 19.5. The first-order chi connectivity index (χ1) is 13.1. The molecule has 2 rings (SSSR count). The molecule has 0 radical (unpaired) electrons. The molecule has 4 heteroatoms. The van der Waals surface area contributed by atoms with E-state index in [0.29, 0.717) is 13.1 Å². The van der Waals surface area contributed by atoms with Crippen LogP contribution in [0.15, 0.2) is 48.5 Å². The first kappa shape index (κ1) is 20.7. The second kappa shape index (κ2) is 11.2. The average molecular weight is 367 g/mol. The Kier molecular flexibility index (Phi) is 8.56. The third kappa shape index (κ3) is 7.65. The van der Waals surface area contributed by atoms with E-state index in [2.05, 4.69) is 10.6 Å². The summed E-state index contributed by atoms with van der Waals surface area (Å²) in [5, 5.41) is 5.94. The number of benzene rings is 2. The summed E-state index contributed by atoms with van der Waals surface area (Å²) < 4.78 is 0. The van der Waals surface area contributed by atoms with Gasteiger partial charge in [-0.05, 0) is 51.0 Å². The molecule has 144 valence electrons. The molecule has 0 saturated heterocycles. The van der Waals surface area contributed by atoms with Crippen molar-refractivity contribution in [2.45, 2.75) is 46.0 Å². The molecule has 0 saturated carbocycles. The standard InChI is InChI=1S/C23H30N2O2/c1-18-10-8-12-20(16-18)22(26)24-14-6-4-3-5-7-15-25-23(27)21-13-9-11-19(2)17-21/h8-13,16-17H,3-7,14-15H2,1-2H3,(H,24,26)(H,25,27). The van der Waals surface area contributed by atoms with Gasteiger partial charge in [-0.2, -0.15) is 0 Å². The molecule has 27 heavy (non-hydrogen) atoms. The maximum Gasteiger partial charge on any atom is 0.251 e. The number of amides is 2. The van der Waals surface area contributed by atoms with Crippen LogP contribution in [0.2, 0.25) is 0 Å². The maximum atomic E-state index is 12.0. The molecule has 0 bridgehead atoms. The quantitative estimate of drug-likeness (QED) is 0.612. The molecule has 2 amide bonds. The van der Waals surface area contributed by atoms with E-state index >= 15 is 0 Å². The van der Waals surface area contributed by atoms with Crippen LogP contribution in [0.25, 0.3) is 0 Å². The van der Waals surface area contributed by atoms with E-state index in [1.807, 2.05) is 62.4 Å². The van der Waals surface area contributed by atoms with Gasteiger partial charge in [0.05, 0.1) is 0 Å². The highest BCUT2D eigenvalue weighted by molar-refractivity contribution is 5.94. The number of carbonyl (C=O) groups excluding carboxylic acids is 2. The number of nitrogens with one attached hydrogen (secondary N) is 2. The second-order valence-electron chi connectivity index (χ2n) is 7.02. The Morgan fingerprint density at radius 1 is 0.667 bits per heavy atom. The Morgan fingerprint density at radius 2 is 1.07 bits per heavy atom. The number of unbranched alkanes of at least 4 members (excludes halogenated alkanes) is 4. The summed E-state index contributed by atoms with van der Waals surface area (Å²) in [4.78, 5) is 24.0. The fraction of sp³-hybridized carbons (Fsp3) is 0.391. The molecule has 0 spiro atoms. The number of hydrogen-bond donors (Lipinski definition) is 2. The lowest BCUT2D eigenvalue weighted by Gasteiger charge is -2.07. The van der Waals surface area contributed by atoms with Crippen LogP contribution in [0.4, 0.5) is 0 Å². The van der Waals surface area contributed by atoms with Gasteiger partial charge >= 0.3 is 0 Å². The monoisotopic (exact) mass is 366 g/mol. The van der Waals surface area contributed by atoms with E-state index < -0.39 is 0 Å². The van der Waals surface area contributed by atoms with Crippen molar-refractivity contribution < 1.29 is 9.59 Å². The first-order valence-corrected chi connectivity index (χ1v) is 9.76. The smallest absolute Gasteiger partial charge is 0.251 e. The van der Waals surface area contributed by atoms with Crippen LogP contribution in [-0.2, 0) is 0 Å². The number of carbonyl (C=O) groups is 2. The lowest BCUT2D eigenvalue weighted by Crippen LogP contribution is -2.24. The normalized spacial score (nSPS) is 10.4. The van der Waals surface area contributed by atoms with Crippen molar-refractivity contribution >= 4 is 11.8 Å². The summed E-state index contributed by atoms with van der Waals surface area (Å²) in [7, 11) is 0. The Morgan fingerprint density at radius 3 is 1.48 bits per heavy atom. The molecular formula is C23H30N2O2. The maximum absolute atomic E-state index is 12.0. The van der Waals surface area contributed by atoms with E-state index in [4.69, 9.17) is 0 Å². The van der Waals surface area contributed by atoms with Gasteiger partial charge in [0.2, 0.25) is 0 Å². The molecule has 2 aromatic rings. The van der Waals surface area contributed by atoms with Crippen molar-refractivity contribution in [1.29, 1.82) is 0 Å². The fourth-order valence-corrected chi connectivity index (χ4v) is 2.96. The van der Waals surface area contributed by atoms with Crippen LogP contribution in [0.3, 0.4) is 0 Å². The van der Waals surface area contributed by atoms with Crippen molar-refractivity contribution in [2.24, 2.45) is 0 Å². The number of hydrogen-bond acceptors (Lipinski definition) is 2. The Balaban J connectivity index is 1.49. The van der Waals surface area contributed by atoms with Gasteiger partial charge in [-0.25, -0.2) is 0 Å². The van der Waals surface area contributed by atoms with Crippen LogP contribution < -0.4 is 10.6 Å². The van der Waals surface area contributed by atoms with E-state index in [9.17, 15) is 9.59 Å². The third-order valence-corrected chi connectivity index (χ3v) is 4.49. The summed E-state index contributed by atoms with van der Waals surface area (Å²) in [6.45, 7) is 5.38. The Hall–Kier alpha value is -2.62. The van der Waals surface area contributed by atoms with E-state index in [1.54, 1.807) is 0 Å². The highest BCUT2D eigenvalue weighted by Gasteiger charge is 2.05. The van der Waals surface area contributed by atoms with Gasteiger partial charge in [-0.15, -0.1) is 0 Å². The molecule has 0 unspecified atom stereocenters. The first-order valence-electron chi connectivity index (χ1n) is 9.76. The minimum Gasteiger partial charge on any atom is -0.352 e. The second-order valence-corrected chi connectivity index (χ2v) is 7.02. The predicted octanol–water partition coefficient (Wildman–Crippen LogP) is 4.41. The van der Waals surface area contributed by atoms with Crippen molar-refractivity contribution in [3.63, 3.8) is 0 Å². The van der Waals surface area contributed by atoms with E-state index in [1.165, 1.54) is 0 Å². The molecular weight excluding hydrogens is 336 g/mol. The summed E-state index contributed by atoms with van der Waals surface area (Å²) >= 11 is 0. The van der Waals surface area contributed by atoms with Crippen molar-refractivity contribution in [3.05, 3.63) is 70.8 Å². The molecule has 0 aliphatic rings. The van der Waals surface area contributed by atoms with Gasteiger partial charge in [0.15, 0.2) is 0 Å². The third-order valence-electron chi connectivity index (χ3n) is 4.49. The lowest BCUT2D eigenvalue weighted by atomic mass is 10.1. The molecule has 0 aromatic heterocycles. The summed E-state index contributed by atoms with van der Waals surface area (Å²) in [6.07, 6.45) is 5.24. The average Bonchev–Trinajstić information content (AvgIpc) is 2.66. The lowest BCUT2D eigenvalue weighted by molar-refractivity contribution is 0.0945. The van der Waals surface area contributed by atoms with Crippen LogP contribution in [-0.4, -0.2) is 24.9 Å². The SMILES string of the molecule is Cc1cccc(C(=O)NCCCCCCCNC(=O)c2cccc(C)c2)c1. The molecule has 2 aromatic carbocycles. The fourth-order valence-electron chi connectivity index (χ4n) is 2.96.